The maximum atomic E-state index is 13.7. The van der Waals surface area contributed by atoms with Crippen LogP contribution in [0.15, 0.2) is 42.7 Å². The molecule has 2 N–H and O–H groups in total. The molecule has 2 fully saturated rings. The summed E-state index contributed by atoms with van der Waals surface area (Å²) in [4.78, 5) is 32.7. The molecule has 1 aromatic carbocycles. The molecule has 166 valence electrons. The van der Waals surface area contributed by atoms with Crippen molar-refractivity contribution in [2.45, 2.75) is 32.2 Å². The third-order valence-corrected chi connectivity index (χ3v) is 6.95. The number of H-pyrrole nitrogens is 1. The third kappa shape index (κ3) is 3.75. The van der Waals surface area contributed by atoms with E-state index in [1.54, 1.807) is 18.5 Å². The zero-order chi connectivity index (χ0) is 22.1. The SMILES string of the molecule is Cc1c(C(=O)N2CC3(CCOCC3)CC2CNC(=O)c2ccn[nH]2)cnc2ccccc12. The molecule has 0 aliphatic carbocycles. The van der Waals surface area contributed by atoms with Crippen LogP contribution in [-0.4, -0.2) is 64.2 Å². The van der Waals surface area contributed by atoms with E-state index in [-0.39, 0.29) is 23.3 Å². The van der Waals surface area contributed by atoms with Gasteiger partial charge in [-0.05, 0) is 49.3 Å². The molecule has 32 heavy (non-hydrogen) atoms. The first kappa shape index (κ1) is 20.6. The highest BCUT2D eigenvalue weighted by Gasteiger charge is 2.46. The minimum absolute atomic E-state index is 0.0232. The number of carbonyl (C=O) groups is 2. The van der Waals surface area contributed by atoms with Gasteiger partial charge in [-0.25, -0.2) is 0 Å². The van der Waals surface area contributed by atoms with Crippen LogP contribution < -0.4 is 5.32 Å². The summed E-state index contributed by atoms with van der Waals surface area (Å²) in [7, 11) is 0. The van der Waals surface area contributed by atoms with E-state index < -0.39 is 0 Å². The number of nitrogens with zero attached hydrogens (tertiary/aromatic N) is 3. The van der Waals surface area contributed by atoms with Gasteiger partial charge in [0.05, 0.1) is 11.1 Å². The van der Waals surface area contributed by atoms with E-state index in [1.165, 1.54) is 0 Å². The summed E-state index contributed by atoms with van der Waals surface area (Å²) >= 11 is 0. The molecule has 2 saturated heterocycles. The van der Waals surface area contributed by atoms with Crippen LogP contribution in [0.25, 0.3) is 10.9 Å². The smallest absolute Gasteiger partial charge is 0.269 e. The normalized spacial score (nSPS) is 20.0. The summed E-state index contributed by atoms with van der Waals surface area (Å²) < 4.78 is 5.59. The molecule has 3 aromatic rings. The fourth-order valence-electron chi connectivity index (χ4n) is 5.09. The number of ether oxygens (including phenoxy) is 1. The van der Waals surface area contributed by atoms with Gasteiger partial charge in [0.15, 0.2) is 0 Å². The fourth-order valence-corrected chi connectivity index (χ4v) is 5.09. The van der Waals surface area contributed by atoms with Gasteiger partial charge >= 0.3 is 0 Å². The molecule has 2 aliphatic rings. The minimum Gasteiger partial charge on any atom is -0.381 e. The number of fused-ring (bicyclic) bond motifs is 1. The van der Waals surface area contributed by atoms with E-state index in [0.717, 1.165) is 35.7 Å². The van der Waals surface area contributed by atoms with Gasteiger partial charge in [-0.1, -0.05) is 18.2 Å². The predicted octanol–water partition coefficient (Wildman–Crippen LogP) is 2.71. The Morgan fingerprint density at radius 2 is 2.06 bits per heavy atom. The van der Waals surface area contributed by atoms with Gasteiger partial charge in [0.1, 0.15) is 5.69 Å². The Kier molecular flexibility index (Phi) is 5.38. The molecule has 4 heterocycles. The predicted molar refractivity (Wildman–Crippen MR) is 119 cm³/mol. The highest BCUT2D eigenvalue weighted by molar-refractivity contribution is 6.00. The largest absolute Gasteiger partial charge is 0.381 e. The summed E-state index contributed by atoms with van der Waals surface area (Å²) in [5.41, 5.74) is 2.89. The molecule has 0 bridgehead atoms. The number of carbonyl (C=O) groups excluding carboxylic acids is 2. The molecule has 0 radical (unpaired) electrons. The topological polar surface area (TPSA) is 100 Å². The number of benzene rings is 1. The van der Waals surface area contributed by atoms with Crippen LogP contribution in [-0.2, 0) is 4.74 Å². The van der Waals surface area contributed by atoms with Crippen molar-refractivity contribution in [1.82, 2.24) is 25.4 Å². The highest BCUT2D eigenvalue weighted by atomic mass is 16.5. The second-order valence-corrected chi connectivity index (χ2v) is 8.90. The number of likely N-dealkylation sites (tertiary alicyclic amines) is 1. The highest BCUT2D eigenvalue weighted by Crippen LogP contribution is 2.43. The number of hydrogen-bond donors (Lipinski definition) is 2. The van der Waals surface area contributed by atoms with Crippen molar-refractivity contribution < 1.29 is 14.3 Å². The van der Waals surface area contributed by atoms with Crippen LogP contribution >= 0.6 is 0 Å². The number of pyridine rings is 1. The number of hydrogen-bond acceptors (Lipinski definition) is 5. The van der Waals surface area contributed by atoms with Crippen LogP contribution in [0.1, 0.15) is 45.7 Å². The zero-order valence-corrected chi connectivity index (χ0v) is 18.1. The number of amides is 2. The molecule has 2 aromatic heterocycles. The third-order valence-electron chi connectivity index (χ3n) is 6.95. The van der Waals surface area contributed by atoms with Crippen molar-refractivity contribution in [1.29, 1.82) is 0 Å². The molecule has 5 rings (SSSR count). The van der Waals surface area contributed by atoms with Gasteiger partial charge in [0.2, 0.25) is 0 Å². The van der Waals surface area contributed by atoms with E-state index in [1.807, 2.05) is 36.1 Å². The maximum absolute atomic E-state index is 13.7. The number of aryl methyl sites for hydroxylation is 1. The molecular weight excluding hydrogens is 406 g/mol. The number of rotatable bonds is 4. The van der Waals surface area contributed by atoms with E-state index in [4.69, 9.17) is 4.74 Å². The van der Waals surface area contributed by atoms with Crippen molar-refractivity contribution in [3.05, 3.63) is 59.5 Å². The Morgan fingerprint density at radius 3 is 2.84 bits per heavy atom. The average molecular weight is 434 g/mol. The summed E-state index contributed by atoms with van der Waals surface area (Å²) in [6, 6.07) is 9.42. The van der Waals surface area contributed by atoms with E-state index in [0.29, 0.717) is 37.6 Å². The number of nitrogens with one attached hydrogen (secondary N) is 2. The molecular formula is C24H27N5O3. The lowest BCUT2D eigenvalue weighted by atomic mass is 9.78. The van der Waals surface area contributed by atoms with Crippen molar-refractivity contribution in [3.8, 4) is 0 Å². The second kappa shape index (κ2) is 8.35. The molecule has 8 nitrogen and oxygen atoms in total. The average Bonchev–Trinajstić information content (AvgIpc) is 3.47. The first-order chi connectivity index (χ1) is 15.6. The van der Waals surface area contributed by atoms with Gasteiger partial charge in [-0.15, -0.1) is 0 Å². The first-order valence-electron chi connectivity index (χ1n) is 11.1. The summed E-state index contributed by atoms with van der Waals surface area (Å²) in [5, 5.41) is 10.5. The van der Waals surface area contributed by atoms with E-state index >= 15 is 0 Å². The fraction of sp³-hybridized carbons (Fsp3) is 0.417. The van der Waals surface area contributed by atoms with Crippen LogP contribution in [0.3, 0.4) is 0 Å². The Morgan fingerprint density at radius 1 is 1.25 bits per heavy atom. The monoisotopic (exact) mass is 433 g/mol. The Hall–Kier alpha value is -3.26. The van der Waals surface area contributed by atoms with E-state index in [2.05, 4.69) is 20.5 Å². The molecule has 1 spiro atoms. The molecule has 1 atom stereocenters. The van der Waals surface area contributed by atoms with Crippen LogP contribution in [0.4, 0.5) is 0 Å². The van der Waals surface area contributed by atoms with Crippen molar-refractivity contribution in [2.75, 3.05) is 26.3 Å². The first-order valence-corrected chi connectivity index (χ1v) is 11.1. The standard InChI is InChI=1S/C24H27N5O3/c1-16-18-4-2-3-5-20(18)25-14-19(16)23(31)29-15-24(7-10-32-11-8-24)12-17(29)13-26-22(30)21-6-9-27-28-21/h2-6,9,14,17H,7-8,10-13,15H2,1H3,(H,26,30)(H,27,28). The van der Waals surface area contributed by atoms with Gasteiger partial charge in [-0.2, -0.15) is 5.10 Å². The molecule has 2 aliphatic heterocycles. The van der Waals surface area contributed by atoms with E-state index in [9.17, 15) is 9.59 Å². The van der Waals surface area contributed by atoms with Crippen LogP contribution in [0.5, 0.6) is 0 Å². The molecule has 2 amide bonds. The maximum Gasteiger partial charge on any atom is 0.269 e. The molecule has 8 heteroatoms. The Labute approximate surface area is 186 Å². The van der Waals surface area contributed by atoms with Gasteiger partial charge in [-0.3, -0.25) is 19.7 Å². The number of aromatic nitrogens is 3. The quantitative estimate of drug-likeness (QED) is 0.659. The van der Waals surface area contributed by atoms with Crippen LogP contribution in [0.2, 0.25) is 0 Å². The number of para-hydroxylation sites is 1. The summed E-state index contributed by atoms with van der Waals surface area (Å²) in [6.45, 7) is 4.47. The number of aromatic amines is 1. The van der Waals surface area contributed by atoms with Gasteiger partial charge in [0, 0.05) is 50.1 Å². The van der Waals surface area contributed by atoms with Gasteiger partial charge in [0.25, 0.3) is 11.8 Å². The van der Waals surface area contributed by atoms with Crippen molar-refractivity contribution >= 4 is 22.7 Å². The molecule has 0 saturated carbocycles. The lowest BCUT2D eigenvalue weighted by molar-refractivity contribution is 0.0190. The lowest BCUT2D eigenvalue weighted by Gasteiger charge is -2.33. The van der Waals surface area contributed by atoms with Crippen molar-refractivity contribution in [2.24, 2.45) is 5.41 Å². The molecule has 1 unspecified atom stereocenters. The summed E-state index contributed by atoms with van der Waals surface area (Å²) in [5.74, 6) is -0.240. The van der Waals surface area contributed by atoms with Crippen molar-refractivity contribution in [3.63, 3.8) is 0 Å². The zero-order valence-electron chi connectivity index (χ0n) is 18.1. The van der Waals surface area contributed by atoms with Gasteiger partial charge < -0.3 is 15.0 Å². The summed E-state index contributed by atoms with van der Waals surface area (Å²) in [6.07, 6.45) is 5.95. The minimum atomic E-state index is -0.216. The Balaban J connectivity index is 1.41. The second-order valence-electron chi connectivity index (χ2n) is 8.90. The Bertz CT molecular complexity index is 1140. The van der Waals surface area contributed by atoms with Crippen LogP contribution in [0, 0.1) is 12.3 Å². The lowest BCUT2D eigenvalue weighted by Crippen LogP contribution is -2.43.